The molecule has 47 heavy (non-hydrogen) atoms. The van der Waals surface area contributed by atoms with Crippen LogP contribution in [0.25, 0.3) is 0 Å². The van der Waals surface area contributed by atoms with Gasteiger partial charge in [-0.25, -0.2) is 8.51 Å². The number of amides is 1. The van der Waals surface area contributed by atoms with E-state index < -0.39 is 11.0 Å². The van der Waals surface area contributed by atoms with Crippen molar-refractivity contribution in [1.82, 2.24) is 14.5 Å². The lowest BCUT2D eigenvalue weighted by Crippen LogP contribution is -2.36. The Balaban J connectivity index is 1.45. The smallest absolute Gasteiger partial charge is 0.248 e. The molecule has 1 atom stereocenters. The average Bonchev–Trinajstić information content (AvgIpc) is 3.61. The molecule has 0 saturated heterocycles. The third-order valence-corrected chi connectivity index (χ3v) is 9.23. The number of nitrogens with two attached hydrogens (primary N) is 1. The van der Waals surface area contributed by atoms with Crippen LogP contribution in [0.3, 0.4) is 0 Å². The zero-order valence-electron chi connectivity index (χ0n) is 28.5. The Hall–Kier alpha value is -2.91. The summed E-state index contributed by atoms with van der Waals surface area (Å²) in [6.45, 7) is 10.9. The molecule has 2 aromatic rings. The zero-order chi connectivity index (χ0) is 33.9. The van der Waals surface area contributed by atoms with Gasteiger partial charge < -0.3 is 39.6 Å². The predicted molar refractivity (Wildman–Crippen MR) is 184 cm³/mol. The second-order valence-corrected chi connectivity index (χ2v) is 12.8. The first-order valence-electron chi connectivity index (χ1n) is 16.3. The third kappa shape index (κ3) is 13.6. The van der Waals surface area contributed by atoms with Crippen molar-refractivity contribution in [1.29, 1.82) is 0 Å². The van der Waals surface area contributed by atoms with Crippen molar-refractivity contribution < 1.29 is 32.7 Å². The van der Waals surface area contributed by atoms with E-state index in [0.29, 0.717) is 72.2 Å². The number of hydrogen-bond donors (Lipinski definition) is 2. The maximum absolute atomic E-state index is 13.3. The molecule has 0 saturated carbocycles. The van der Waals surface area contributed by atoms with Gasteiger partial charge in [-0.05, 0) is 62.1 Å². The lowest BCUT2D eigenvalue weighted by molar-refractivity contribution is -0.137. The van der Waals surface area contributed by atoms with Gasteiger partial charge in [-0.15, -0.1) is 0 Å². The fraction of sp³-hybridized carbons (Fsp3) is 0.588. The van der Waals surface area contributed by atoms with Gasteiger partial charge >= 0.3 is 0 Å². The van der Waals surface area contributed by atoms with Crippen molar-refractivity contribution in [2.45, 2.75) is 38.1 Å². The van der Waals surface area contributed by atoms with Crippen molar-refractivity contribution in [2.24, 2.45) is 10.7 Å². The zero-order valence-corrected chi connectivity index (χ0v) is 29.3. The number of methoxy groups -OCH3 is 1. The summed E-state index contributed by atoms with van der Waals surface area (Å²) in [5.74, 6) is 1.53. The molecular weight excluding hydrogens is 622 g/mol. The van der Waals surface area contributed by atoms with Gasteiger partial charge in [-0.3, -0.25) is 9.79 Å². The lowest BCUT2D eigenvalue weighted by atomic mass is 10.1. The van der Waals surface area contributed by atoms with E-state index in [2.05, 4.69) is 10.3 Å². The van der Waals surface area contributed by atoms with Crippen LogP contribution in [0.1, 0.15) is 35.1 Å². The number of benzene rings is 2. The number of rotatable bonds is 24. The summed E-state index contributed by atoms with van der Waals surface area (Å²) in [7, 11) is 2.04. The fourth-order valence-corrected chi connectivity index (χ4v) is 6.16. The normalized spacial score (nSPS) is 13.4. The molecule has 0 aromatic heterocycles. The maximum Gasteiger partial charge on any atom is 0.248 e. The average molecular weight is 676 g/mol. The van der Waals surface area contributed by atoms with E-state index >= 15 is 0 Å². The summed E-state index contributed by atoms with van der Waals surface area (Å²) >= 11 is 0. The monoisotopic (exact) mass is 675 g/mol. The minimum absolute atomic E-state index is 0.0675. The van der Waals surface area contributed by atoms with Gasteiger partial charge in [0.25, 0.3) is 0 Å². The van der Waals surface area contributed by atoms with E-state index in [0.717, 1.165) is 58.2 Å². The van der Waals surface area contributed by atoms with E-state index in [9.17, 15) is 9.00 Å². The van der Waals surface area contributed by atoms with Crippen molar-refractivity contribution in [3.63, 3.8) is 0 Å². The number of ether oxygens (including phenoxy) is 5. The molecule has 3 N–H and O–H groups in total. The van der Waals surface area contributed by atoms with E-state index in [1.54, 1.807) is 23.4 Å². The Morgan fingerprint density at radius 2 is 1.55 bits per heavy atom. The summed E-state index contributed by atoms with van der Waals surface area (Å²) in [6, 6.07) is 11.9. The van der Waals surface area contributed by atoms with Crippen LogP contribution in [-0.2, 0) is 41.3 Å². The molecule has 1 aliphatic rings. The number of nitrogens with one attached hydrogen (secondary N) is 1. The number of carbonyl (C=O) groups excluding carboxylic acids is 1. The molecule has 1 unspecified atom stereocenters. The summed E-state index contributed by atoms with van der Waals surface area (Å²) in [5, 5.41) is 3.29. The van der Waals surface area contributed by atoms with E-state index in [4.69, 9.17) is 29.4 Å². The molecule has 0 radical (unpaired) electrons. The van der Waals surface area contributed by atoms with Gasteiger partial charge in [0.15, 0.2) is 0 Å². The third-order valence-electron chi connectivity index (χ3n) is 7.48. The molecule has 0 aliphatic carbocycles. The van der Waals surface area contributed by atoms with Gasteiger partial charge in [-0.2, -0.15) is 0 Å². The number of aliphatic imine (C=N–C) groups is 1. The maximum atomic E-state index is 13.3. The Kier molecular flexibility index (Phi) is 17.9. The number of nitrogens with zero attached hydrogens (tertiary/aromatic N) is 3. The fourth-order valence-electron chi connectivity index (χ4n) is 4.94. The van der Waals surface area contributed by atoms with Gasteiger partial charge in [-0.1, -0.05) is 24.3 Å². The molecule has 1 amide bonds. The first kappa shape index (κ1) is 38.5. The molecule has 13 heteroatoms. The van der Waals surface area contributed by atoms with Crippen LogP contribution in [0.15, 0.2) is 46.3 Å². The second kappa shape index (κ2) is 21.9. The van der Waals surface area contributed by atoms with E-state index in [1.807, 2.05) is 50.2 Å². The van der Waals surface area contributed by atoms with Crippen molar-refractivity contribution >= 4 is 22.7 Å². The number of amidine groups is 1. The molecule has 1 aliphatic heterocycles. The second-order valence-electron chi connectivity index (χ2n) is 11.2. The molecule has 2 aromatic carbocycles. The lowest BCUT2D eigenvalue weighted by Gasteiger charge is -2.24. The summed E-state index contributed by atoms with van der Waals surface area (Å²) in [4.78, 5) is 20.4. The highest BCUT2D eigenvalue weighted by atomic mass is 32.2. The molecule has 0 fully saturated rings. The largest absolute Gasteiger partial charge is 0.497 e. The molecule has 0 bridgehead atoms. The standard InChI is InChI=1S/C34H53N5O7S/c1-27-23-31(42-4)24-28(2)33(27)47(41)38(3)15-18-46-26-32(40)39(14-6-17-44-20-22-45-21-19-43-16-5-11-35)25-29-7-9-30(10-8-29)34-36-12-13-37-34/h7-10,23-24H,5-6,11-22,25-26,35H2,1-4H3,(H,36,37). The Morgan fingerprint density at radius 3 is 2.15 bits per heavy atom. The first-order valence-corrected chi connectivity index (χ1v) is 17.4. The highest BCUT2D eigenvalue weighted by molar-refractivity contribution is 7.82. The molecule has 0 spiro atoms. The Labute approximate surface area is 282 Å². The SMILES string of the molecule is COc1cc(C)c(S(=O)N(C)CCOCC(=O)N(CCCOCCOCCOCCCN)Cc2ccc(C3=NCCN3)cc2)c(C)c1. The highest BCUT2D eigenvalue weighted by Gasteiger charge is 2.19. The van der Waals surface area contributed by atoms with Gasteiger partial charge in [0.2, 0.25) is 5.91 Å². The Morgan fingerprint density at radius 1 is 0.915 bits per heavy atom. The number of likely N-dealkylation sites (N-methyl/N-ethyl adjacent to an activating group) is 1. The number of aryl methyl sites for hydroxylation is 2. The minimum Gasteiger partial charge on any atom is -0.497 e. The quantitative estimate of drug-likeness (QED) is 0.161. The summed E-state index contributed by atoms with van der Waals surface area (Å²) in [5.41, 5.74) is 9.31. The van der Waals surface area contributed by atoms with Crippen molar-refractivity contribution in [2.75, 3.05) is 99.7 Å². The van der Waals surface area contributed by atoms with Crippen LogP contribution in [0, 0.1) is 13.8 Å². The molecule has 1 heterocycles. The van der Waals surface area contributed by atoms with Crippen LogP contribution < -0.4 is 15.8 Å². The van der Waals surface area contributed by atoms with Gasteiger partial charge in [0.1, 0.15) is 29.2 Å². The Bertz CT molecular complexity index is 1260. The van der Waals surface area contributed by atoms with Gasteiger partial charge in [0, 0.05) is 52.0 Å². The molecule has 12 nitrogen and oxygen atoms in total. The summed E-state index contributed by atoms with van der Waals surface area (Å²) in [6.07, 6.45) is 1.52. The molecule has 3 rings (SSSR count). The highest BCUT2D eigenvalue weighted by Crippen LogP contribution is 2.25. The first-order chi connectivity index (χ1) is 22.8. The number of hydrogen-bond acceptors (Lipinski definition) is 10. The topological polar surface area (TPSA) is 137 Å². The van der Waals surface area contributed by atoms with Crippen molar-refractivity contribution in [3.05, 3.63) is 58.7 Å². The van der Waals surface area contributed by atoms with Crippen LogP contribution in [-0.4, -0.2) is 125 Å². The molecular formula is C34H53N5O7S. The number of carbonyl (C=O) groups is 1. The van der Waals surface area contributed by atoms with Crippen LogP contribution in [0.4, 0.5) is 0 Å². The predicted octanol–water partition coefficient (Wildman–Crippen LogP) is 2.45. The summed E-state index contributed by atoms with van der Waals surface area (Å²) < 4.78 is 42.8. The van der Waals surface area contributed by atoms with Crippen LogP contribution >= 0.6 is 0 Å². The van der Waals surface area contributed by atoms with Crippen LogP contribution in [0.5, 0.6) is 5.75 Å². The van der Waals surface area contributed by atoms with E-state index in [-0.39, 0.29) is 19.1 Å². The van der Waals surface area contributed by atoms with Gasteiger partial charge in [0.05, 0.1) is 51.6 Å². The van der Waals surface area contributed by atoms with E-state index in [1.165, 1.54) is 0 Å². The minimum atomic E-state index is -1.37. The molecule has 262 valence electrons. The van der Waals surface area contributed by atoms with Crippen LogP contribution in [0.2, 0.25) is 0 Å². The van der Waals surface area contributed by atoms with Crippen molar-refractivity contribution in [3.8, 4) is 5.75 Å².